The topological polar surface area (TPSA) is 38.0 Å². The summed E-state index contributed by atoms with van der Waals surface area (Å²) in [6, 6.07) is 18.3. The fraction of sp³-hybridized carbons (Fsp3) is 0.269. The van der Waals surface area contributed by atoms with Crippen molar-refractivity contribution in [3.05, 3.63) is 100 Å². The van der Waals surface area contributed by atoms with Crippen LogP contribution in [0.5, 0.6) is 0 Å². The van der Waals surface area contributed by atoms with Gasteiger partial charge < -0.3 is 0 Å². The van der Waals surface area contributed by atoms with E-state index in [0.717, 1.165) is 36.1 Å². The van der Waals surface area contributed by atoms with Gasteiger partial charge in [-0.05, 0) is 44.2 Å². The number of nitrogens with zero attached hydrogens (tertiary/aromatic N) is 1. The molecule has 3 aromatic rings. The van der Waals surface area contributed by atoms with E-state index in [4.69, 9.17) is 0 Å². The van der Waals surface area contributed by atoms with E-state index in [9.17, 15) is 9.59 Å². The molecule has 1 aromatic heterocycles. The van der Waals surface area contributed by atoms with E-state index in [2.05, 4.69) is 25.1 Å². The summed E-state index contributed by atoms with van der Waals surface area (Å²) in [7, 11) is 0. The normalized spacial score (nSPS) is 15.8. The molecule has 1 aliphatic carbocycles. The number of rotatable bonds is 5. The lowest BCUT2D eigenvalue weighted by atomic mass is 9.79. The molecule has 0 fully saturated rings. The summed E-state index contributed by atoms with van der Waals surface area (Å²) in [6.07, 6.45) is 6.32. The van der Waals surface area contributed by atoms with Gasteiger partial charge in [-0.15, -0.1) is 0 Å². The molecule has 0 N–H and O–H groups in total. The van der Waals surface area contributed by atoms with Crippen LogP contribution in [0.1, 0.15) is 56.3 Å². The summed E-state index contributed by atoms with van der Waals surface area (Å²) in [5.41, 5.74) is 6.08. The van der Waals surface area contributed by atoms with Gasteiger partial charge in [0.1, 0.15) is 0 Å². The summed E-state index contributed by atoms with van der Waals surface area (Å²) in [6.45, 7) is 4.38. The molecule has 0 saturated heterocycles. The van der Waals surface area contributed by atoms with Crippen LogP contribution < -0.4 is 4.57 Å². The summed E-state index contributed by atoms with van der Waals surface area (Å²) in [5.74, 6) is 0.191. The van der Waals surface area contributed by atoms with Crippen molar-refractivity contribution in [2.45, 2.75) is 39.7 Å². The summed E-state index contributed by atoms with van der Waals surface area (Å²) in [4.78, 5) is 25.4. The van der Waals surface area contributed by atoms with Crippen molar-refractivity contribution in [2.75, 3.05) is 0 Å². The van der Waals surface area contributed by atoms with Crippen LogP contribution in [0.2, 0.25) is 0 Å². The lowest BCUT2D eigenvalue weighted by molar-refractivity contribution is -0.688. The Balaban J connectivity index is 1.57. The van der Waals surface area contributed by atoms with Crippen LogP contribution in [0.15, 0.2) is 67.0 Å². The van der Waals surface area contributed by atoms with Gasteiger partial charge in [0.25, 0.3) is 0 Å². The van der Waals surface area contributed by atoms with E-state index in [1.54, 1.807) is 6.92 Å². The van der Waals surface area contributed by atoms with E-state index in [1.807, 2.05) is 53.4 Å². The first-order chi connectivity index (χ1) is 14.0. The van der Waals surface area contributed by atoms with E-state index < -0.39 is 0 Å². The predicted octanol–water partition coefficient (Wildman–Crippen LogP) is 4.52. The lowest BCUT2D eigenvalue weighted by Crippen LogP contribution is -2.35. The quantitative estimate of drug-likeness (QED) is 0.479. The number of fused-ring (bicyclic) bond motifs is 1. The molecule has 4 rings (SSSR count). The van der Waals surface area contributed by atoms with Crippen molar-refractivity contribution in [3.63, 3.8) is 0 Å². The van der Waals surface area contributed by atoms with Crippen molar-refractivity contribution in [1.82, 2.24) is 0 Å². The Morgan fingerprint density at radius 1 is 1.10 bits per heavy atom. The summed E-state index contributed by atoms with van der Waals surface area (Å²) in [5, 5.41) is 0. The molecule has 1 atom stereocenters. The van der Waals surface area contributed by atoms with Crippen LogP contribution in [0.4, 0.5) is 0 Å². The third-order valence-electron chi connectivity index (χ3n) is 5.82. The number of Topliss-reactive ketones (excluding diaryl/α,β-unsaturated/α-hetero) is 2. The van der Waals surface area contributed by atoms with Crippen LogP contribution in [-0.4, -0.2) is 11.6 Å². The molecule has 0 radical (unpaired) electrons. The minimum atomic E-state index is -0.0618. The number of carbonyl (C=O) groups is 2. The zero-order valence-corrected chi connectivity index (χ0v) is 17.0. The molecule has 3 heteroatoms. The third-order valence-corrected chi connectivity index (χ3v) is 5.82. The highest BCUT2D eigenvalue weighted by atomic mass is 16.1. The van der Waals surface area contributed by atoms with Crippen molar-refractivity contribution in [3.8, 4) is 0 Å². The van der Waals surface area contributed by atoms with Crippen LogP contribution in [-0.2, 0) is 19.4 Å². The van der Waals surface area contributed by atoms with Gasteiger partial charge in [-0.3, -0.25) is 9.59 Å². The maximum absolute atomic E-state index is 13.0. The minimum absolute atomic E-state index is 0.0432. The average Bonchev–Trinajstić information content (AvgIpc) is 2.71. The zero-order valence-electron chi connectivity index (χ0n) is 17.0. The molecule has 0 aliphatic heterocycles. The zero-order chi connectivity index (χ0) is 20.4. The highest BCUT2D eigenvalue weighted by Crippen LogP contribution is 2.29. The first kappa shape index (κ1) is 19.3. The molecule has 146 valence electrons. The maximum atomic E-state index is 13.0. The summed E-state index contributed by atoms with van der Waals surface area (Å²) >= 11 is 0. The molecule has 1 aliphatic rings. The number of aromatic nitrogens is 1. The van der Waals surface area contributed by atoms with Gasteiger partial charge >= 0.3 is 0 Å². The van der Waals surface area contributed by atoms with Gasteiger partial charge in [0.05, 0.1) is 5.56 Å². The molecule has 1 heterocycles. The van der Waals surface area contributed by atoms with Gasteiger partial charge in [0, 0.05) is 23.1 Å². The Hall–Kier alpha value is -3.07. The highest BCUT2D eigenvalue weighted by molar-refractivity contribution is 6.01. The van der Waals surface area contributed by atoms with Crippen molar-refractivity contribution in [1.29, 1.82) is 0 Å². The minimum Gasteiger partial charge on any atom is -0.294 e. The number of pyridine rings is 1. The van der Waals surface area contributed by atoms with Gasteiger partial charge in [-0.1, -0.05) is 54.1 Å². The van der Waals surface area contributed by atoms with Crippen molar-refractivity contribution >= 4 is 11.6 Å². The first-order valence-electron chi connectivity index (χ1n) is 10.2. The van der Waals surface area contributed by atoms with Crippen LogP contribution >= 0.6 is 0 Å². The SMILES string of the molecule is CC(=O)c1c[n+](Cc2ccccc2)ccc1CC1CCc2cc(C)ccc2C1=O. The van der Waals surface area contributed by atoms with Crippen LogP contribution in [0.25, 0.3) is 0 Å². The second-order valence-electron chi connectivity index (χ2n) is 8.06. The van der Waals surface area contributed by atoms with Crippen LogP contribution in [0, 0.1) is 12.8 Å². The van der Waals surface area contributed by atoms with Crippen molar-refractivity contribution < 1.29 is 14.2 Å². The number of aryl methyl sites for hydroxylation is 2. The Morgan fingerprint density at radius 2 is 1.90 bits per heavy atom. The number of hydrogen-bond acceptors (Lipinski definition) is 2. The van der Waals surface area contributed by atoms with E-state index in [-0.39, 0.29) is 17.5 Å². The Labute approximate surface area is 172 Å². The molecule has 29 heavy (non-hydrogen) atoms. The van der Waals surface area contributed by atoms with Crippen LogP contribution in [0.3, 0.4) is 0 Å². The Bertz CT molecular complexity index is 1070. The molecule has 3 nitrogen and oxygen atoms in total. The molecular formula is C26H26NO2+. The van der Waals surface area contributed by atoms with Gasteiger partial charge in [0.15, 0.2) is 30.5 Å². The standard InChI is InChI=1S/C26H26NO2/c1-18-8-11-24-21(14-18)9-10-23(26(24)29)15-22-12-13-27(17-25(22)19(2)28)16-20-6-4-3-5-7-20/h3-8,11-14,17,23H,9-10,15-16H2,1-2H3/q+1. The predicted molar refractivity (Wildman–Crippen MR) is 113 cm³/mol. The molecule has 0 saturated carbocycles. The molecule has 0 bridgehead atoms. The molecular weight excluding hydrogens is 358 g/mol. The smallest absolute Gasteiger partial charge is 0.180 e. The van der Waals surface area contributed by atoms with Gasteiger partial charge in [-0.25, -0.2) is 4.57 Å². The lowest BCUT2D eigenvalue weighted by Gasteiger charge is -2.24. The second-order valence-corrected chi connectivity index (χ2v) is 8.06. The fourth-order valence-electron chi connectivity index (χ4n) is 4.27. The Morgan fingerprint density at radius 3 is 2.66 bits per heavy atom. The Kier molecular flexibility index (Phi) is 5.39. The average molecular weight is 384 g/mol. The maximum Gasteiger partial charge on any atom is 0.180 e. The van der Waals surface area contributed by atoms with E-state index in [1.165, 1.54) is 11.1 Å². The third kappa shape index (κ3) is 4.19. The largest absolute Gasteiger partial charge is 0.294 e. The first-order valence-corrected chi connectivity index (χ1v) is 10.2. The number of ketones is 2. The van der Waals surface area contributed by atoms with E-state index in [0.29, 0.717) is 12.0 Å². The molecule has 2 aromatic carbocycles. The fourth-order valence-corrected chi connectivity index (χ4v) is 4.27. The number of carbonyl (C=O) groups excluding carboxylic acids is 2. The molecule has 0 spiro atoms. The second kappa shape index (κ2) is 8.12. The molecule has 1 unspecified atom stereocenters. The van der Waals surface area contributed by atoms with E-state index >= 15 is 0 Å². The molecule has 0 amide bonds. The monoisotopic (exact) mass is 384 g/mol. The number of hydrogen-bond donors (Lipinski definition) is 0. The van der Waals surface area contributed by atoms with Gasteiger partial charge in [0.2, 0.25) is 0 Å². The number of benzene rings is 2. The van der Waals surface area contributed by atoms with Crippen molar-refractivity contribution in [2.24, 2.45) is 5.92 Å². The van der Waals surface area contributed by atoms with Gasteiger partial charge in [-0.2, -0.15) is 0 Å². The summed E-state index contributed by atoms with van der Waals surface area (Å²) < 4.78 is 2.04. The highest BCUT2D eigenvalue weighted by Gasteiger charge is 2.29.